The van der Waals surface area contributed by atoms with E-state index in [-0.39, 0.29) is 24.5 Å². The molecule has 0 saturated heterocycles. The zero-order valence-electron chi connectivity index (χ0n) is 13.3. The number of ether oxygens (including phenoxy) is 2. The van der Waals surface area contributed by atoms with Crippen molar-refractivity contribution in [2.45, 2.75) is 6.36 Å². The summed E-state index contributed by atoms with van der Waals surface area (Å²) in [4.78, 5) is 11.8. The lowest BCUT2D eigenvalue weighted by Crippen LogP contribution is -2.23. The topological polar surface area (TPSA) is 47.6 Å². The molecule has 2 aromatic rings. The Kier molecular flexibility index (Phi) is 6.44. The first-order valence-electron chi connectivity index (χ1n) is 7.32. The van der Waals surface area contributed by atoms with Crippen molar-refractivity contribution in [3.8, 4) is 23.3 Å². The maximum absolute atomic E-state index is 13.3. The minimum atomic E-state index is -4.79. The van der Waals surface area contributed by atoms with Crippen molar-refractivity contribution in [1.82, 2.24) is 5.32 Å². The standard InChI is InChI=1S/C18H13F4NO3/c19-15-5-1-2-6-16(15)25-12-4-3-11-23-17(24)13-7-9-14(10-8-13)26-18(20,21)22/h1-2,5-10H,11-12H2,(H,23,24). The number of amides is 1. The summed E-state index contributed by atoms with van der Waals surface area (Å²) in [6.45, 7) is -0.0550. The number of nitrogens with one attached hydrogen (secondary N) is 1. The summed E-state index contributed by atoms with van der Waals surface area (Å²) in [6, 6.07) is 10.4. The highest BCUT2D eigenvalue weighted by atomic mass is 19.4. The van der Waals surface area contributed by atoms with Crippen molar-refractivity contribution in [3.63, 3.8) is 0 Å². The molecule has 0 spiro atoms. The van der Waals surface area contributed by atoms with Crippen LogP contribution in [0.5, 0.6) is 11.5 Å². The molecule has 2 rings (SSSR count). The predicted molar refractivity (Wildman–Crippen MR) is 85.1 cm³/mol. The van der Waals surface area contributed by atoms with Crippen LogP contribution in [0.25, 0.3) is 0 Å². The molecule has 0 aliphatic heterocycles. The highest BCUT2D eigenvalue weighted by Crippen LogP contribution is 2.22. The van der Waals surface area contributed by atoms with E-state index in [0.717, 1.165) is 12.1 Å². The Hall–Kier alpha value is -3.21. The van der Waals surface area contributed by atoms with Crippen LogP contribution in [-0.2, 0) is 0 Å². The van der Waals surface area contributed by atoms with Gasteiger partial charge in [-0.15, -0.1) is 13.2 Å². The van der Waals surface area contributed by atoms with Crippen molar-refractivity contribution in [1.29, 1.82) is 0 Å². The highest BCUT2D eigenvalue weighted by molar-refractivity contribution is 5.94. The van der Waals surface area contributed by atoms with Gasteiger partial charge >= 0.3 is 6.36 Å². The van der Waals surface area contributed by atoms with Crippen molar-refractivity contribution in [2.24, 2.45) is 0 Å². The van der Waals surface area contributed by atoms with Gasteiger partial charge in [0.25, 0.3) is 5.91 Å². The normalized spacial score (nSPS) is 10.5. The van der Waals surface area contributed by atoms with E-state index in [1.165, 1.54) is 30.3 Å². The van der Waals surface area contributed by atoms with Crippen LogP contribution >= 0.6 is 0 Å². The number of halogens is 4. The van der Waals surface area contributed by atoms with E-state index in [2.05, 4.69) is 21.9 Å². The monoisotopic (exact) mass is 367 g/mol. The molecule has 1 amide bonds. The molecule has 0 aliphatic rings. The second kappa shape index (κ2) is 8.76. The average molecular weight is 367 g/mol. The van der Waals surface area contributed by atoms with Crippen LogP contribution in [0.3, 0.4) is 0 Å². The second-order valence-corrected chi connectivity index (χ2v) is 4.83. The fourth-order valence-corrected chi connectivity index (χ4v) is 1.82. The highest BCUT2D eigenvalue weighted by Gasteiger charge is 2.31. The van der Waals surface area contributed by atoms with Crippen LogP contribution in [0.1, 0.15) is 10.4 Å². The lowest BCUT2D eigenvalue weighted by molar-refractivity contribution is -0.274. The number of rotatable bonds is 5. The van der Waals surface area contributed by atoms with Gasteiger partial charge < -0.3 is 14.8 Å². The van der Waals surface area contributed by atoms with E-state index in [4.69, 9.17) is 4.74 Å². The third kappa shape index (κ3) is 6.36. The largest absolute Gasteiger partial charge is 0.573 e. The Labute approximate surface area is 146 Å². The van der Waals surface area contributed by atoms with Gasteiger partial charge in [0.05, 0.1) is 6.54 Å². The van der Waals surface area contributed by atoms with Crippen molar-refractivity contribution in [3.05, 3.63) is 59.9 Å². The van der Waals surface area contributed by atoms with Gasteiger partial charge in [-0.2, -0.15) is 0 Å². The molecule has 0 atom stereocenters. The SMILES string of the molecule is O=C(NCC#CCOc1ccccc1F)c1ccc(OC(F)(F)F)cc1. The minimum Gasteiger partial charge on any atom is -0.478 e. The molecule has 136 valence electrons. The Morgan fingerprint density at radius 3 is 2.38 bits per heavy atom. The quantitative estimate of drug-likeness (QED) is 0.650. The summed E-state index contributed by atoms with van der Waals surface area (Å²) in [6.07, 6.45) is -4.79. The van der Waals surface area contributed by atoms with Gasteiger partial charge in [0.2, 0.25) is 0 Å². The van der Waals surface area contributed by atoms with Crippen LogP contribution in [0, 0.1) is 17.7 Å². The summed E-state index contributed by atoms with van der Waals surface area (Å²) in [5.74, 6) is 3.87. The van der Waals surface area contributed by atoms with Gasteiger partial charge in [-0.1, -0.05) is 24.0 Å². The summed E-state index contributed by atoms with van der Waals surface area (Å²) >= 11 is 0. The summed E-state index contributed by atoms with van der Waals surface area (Å²) in [5.41, 5.74) is 0.156. The van der Waals surface area contributed by atoms with Gasteiger partial charge in [-0.05, 0) is 36.4 Å². The second-order valence-electron chi connectivity index (χ2n) is 4.83. The number of carbonyl (C=O) groups is 1. The third-order valence-electron chi connectivity index (χ3n) is 2.95. The predicted octanol–water partition coefficient (Wildman–Crippen LogP) is 3.54. The molecule has 8 heteroatoms. The van der Waals surface area contributed by atoms with Crippen LogP contribution < -0.4 is 14.8 Å². The molecular formula is C18H13F4NO3. The zero-order valence-corrected chi connectivity index (χ0v) is 13.3. The molecule has 26 heavy (non-hydrogen) atoms. The Bertz CT molecular complexity index is 808. The van der Waals surface area contributed by atoms with E-state index < -0.39 is 23.8 Å². The summed E-state index contributed by atoms with van der Waals surface area (Å²) in [7, 11) is 0. The number of hydrogen-bond donors (Lipinski definition) is 1. The van der Waals surface area contributed by atoms with Crippen molar-refractivity contribution < 1.29 is 31.8 Å². The number of alkyl halides is 3. The third-order valence-corrected chi connectivity index (χ3v) is 2.95. The minimum absolute atomic E-state index is 0.000266. The Morgan fingerprint density at radius 1 is 1.04 bits per heavy atom. The fraction of sp³-hybridized carbons (Fsp3) is 0.167. The maximum Gasteiger partial charge on any atom is 0.573 e. The van der Waals surface area contributed by atoms with E-state index in [1.54, 1.807) is 6.07 Å². The molecule has 2 aromatic carbocycles. The number of para-hydroxylation sites is 1. The smallest absolute Gasteiger partial charge is 0.478 e. The van der Waals surface area contributed by atoms with Crippen LogP contribution in [0.15, 0.2) is 48.5 Å². The molecule has 0 saturated carbocycles. The lowest BCUT2D eigenvalue weighted by Gasteiger charge is -2.09. The first-order valence-corrected chi connectivity index (χ1v) is 7.32. The number of benzene rings is 2. The molecule has 0 heterocycles. The van der Waals surface area contributed by atoms with E-state index in [0.29, 0.717) is 0 Å². The Morgan fingerprint density at radius 2 is 1.73 bits per heavy atom. The van der Waals surface area contributed by atoms with Crippen molar-refractivity contribution in [2.75, 3.05) is 13.2 Å². The van der Waals surface area contributed by atoms with Gasteiger partial charge in [-0.3, -0.25) is 4.79 Å². The van der Waals surface area contributed by atoms with Gasteiger partial charge in [0, 0.05) is 5.56 Å². The van der Waals surface area contributed by atoms with Gasteiger partial charge in [0.15, 0.2) is 11.6 Å². The molecule has 0 aromatic heterocycles. The summed E-state index contributed by atoms with van der Waals surface area (Å²) < 4.78 is 58.3. The van der Waals surface area contributed by atoms with Gasteiger partial charge in [0.1, 0.15) is 12.4 Å². The number of hydrogen-bond acceptors (Lipinski definition) is 3. The first kappa shape index (κ1) is 19.1. The summed E-state index contributed by atoms with van der Waals surface area (Å²) in [5, 5.41) is 2.47. The molecule has 1 N–H and O–H groups in total. The maximum atomic E-state index is 13.3. The number of carbonyl (C=O) groups excluding carboxylic acids is 1. The van der Waals surface area contributed by atoms with E-state index >= 15 is 0 Å². The van der Waals surface area contributed by atoms with E-state index in [1.807, 2.05) is 0 Å². The lowest BCUT2D eigenvalue weighted by atomic mass is 10.2. The molecule has 0 radical (unpaired) electrons. The molecule has 0 fully saturated rings. The first-order chi connectivity index (χ1) is 12.3. The average Bonchev–Trinajstić information content (AvgIpc) is 2.58. The molecule has 4 nitrogen and oxygen atoms in total. The zero-order chi connectivity index (χ0) is 19.0. The van der Waals surface area contributed by atoms with Crippen LogP contribution in [-0.4, -0.2) is 25.4 Å². The molecule has 0 aliphatic carbocycles. The van der Waals surface area contributed by atoms with E-state index in [9.17, 15) is 22.4 Å². The molecule has 0 unspecified atom stereocenters. The van der Waals surface area contributed by atoms with Gasteiger partial charge in [-0.25, -0.2) is 4.39 Å². The van der Waals surface area contributed by atoms with Crippen molar-refractivity contribution >= 4 is 5.91 Å². The molecular weight excluding hydrogens is 354 g/mol. The van der Waals surface area contributed by atoms with Crippen LogP contribution in [0.2, 0.25) is 0 Å². The Balaban J connectivity index is 1.76. The van der Waals surface area contributed by atoms with Crippen LogP contribution in [0.4, 0.5) is 17.6 Å². The molecule has 0 bridgehead atoms. The fourth-order valence-electron chi connectivity index (χ4n) is 1.82.